The Hall–Kier alpha value is -2.30. The summed E-state index contributed by atoms with van der Waals surface area (Å²) in [4.78, 5) is 12.3. The first kappa shape index (κ1) is 15.1. The number of carbonyl (C=O) groups is 1. The fraction of sp³-hybridized carbons (Fsp3) is 0.375. The molecule has 1 unspecified atom stereocenters. The van der Waals surface area contributed by atoms with Crippen molar-refractivity contribution in [3.63, 3.8) is 0 Å². The maximum atomic E-state index is 12.3. The molecule has 0 aliphatic rings. The van der Waals surface area contributed by atoms with E-state index in [1.54, 1.807) is 31.4 Å². The van der Waals surface area contributed by atoms with Crippen LogP contribution in [0.1, 0.15) is 40.3 Å². The molecule has 0 saturated carbocycles. The molecule has 21 heavy (non-hydrogen) atoms. The highest BCUT2D eigenvalue weighted by molar-refractivity contribution is 5.94. The molecule has 1 amide bonds. The van der Waals surface area contributed by atoms with Crippen molar-refractivity contribution in [3.8, 4) is 5.75 Å². The van der Waals surface area contributed by atoms with Gasteiger partial charge in [0.25, 0.3) is 5.91 Å². The van der Waals surface area contributed by atoms with Crippen LogP contribution in [0.4, 0.5) is 0 Å². The summed E-state index contributed by atoms with van der Waals surface area (Å²) in [6, 6.07) is 6.97. The van der Waals surface area contributed by atoms with Crippen LogP contribution in [-0.4, -0.2) is 22.8 Å². The lowest BCUT2D eigenvalue weighted by atomic mass is 10.1. The third kappa shape index (κ3) is 3.07. The molecular formula is C16H21N3O2. The van der Waals surface area contributed by atoms with Gasteiger partial charge in [-0.15, -0.1) is 0 Å². The molecule has 0 radical (unpaired) electrons. The Balaban J connectivity index is 2.14. The molecule has 5 nitrogen and oxygen atoms in total. The van der Waals surface area contributed by atoms with E-state index >= 15 is 0 Å². The van der Waals surface area contributed by atoms with Gasteiger partial charge in [-0.2, -0.15) is 5.10 Å². The molecule has 0 aliphatic carbocycles. The second-order valence-electron chi connectivity index (χ2n) is 5.13. The Morgan fingerprint density at radius 3 is 2.38 bits per heavy atom. The van der Waals surface area contributed by atoms with Crippen molar-refractivity contribution in [2.75, 3.05) is 7.11 Å². The predicted molar refractivity (Wildman–Crippen MR) is 81.6 cm³/mol. The lowest BCUT2D eigenvalue weighted by molar-refractivity contribution is 0.0939. The lowest BCUT2D eigenvalue weighted by Gasteiger charge is -2.15. The van der Waals surface area contributed by atoms with Crippen LogP contribution in [0.2, 0.25) is 0 Å². The van der Waals surface area contributed by atoms with Crippen molar-refractivity contribution < 1.29 is 9.53 Å². The Bertz CT molecular complexity index is 644. The molecular weight excluding hydrogens is 266 g/mol. The van der Waals surface area contributed by atoms with Gasteiger partial charge in [-0.1, -0.05) is 0 Å². The zero-order chi connectivity index (χ0) is 15.6. The second kappa shape index (κ2) is 5.99. The van der Waals surface area contributed by atoms with Crippen LogP contribution in [0.3, 0.4) is 0 Å². The van der Waals surface area contributed by atoms with Crippen LogP contribution in [-0.2, 0) is 7.05 Å². The largest absolute Gasteiger partial charge is 0.497 e. The van der Waals surface area contributed by atoms with Crippen molar-refractivity contribution in [2.45, 2.75) is 26.8 Å². The van der Waals surface area contributed by atoms with Crippen molar-refractivity contribution >= 4 is 5.91 Å². The Kier molecular flexibility index (Phi) is 4.31. The molecule has 112 valence electrons. The summed E-state index contributed by atoms with van der Waals surface area (Å²) in [5.41, 5.74) is 3.69. The minimum atomic E-state index is -0.104. The molecule has 0 aliphatic heterocycles. The van der Waals surface area contributed by atoms with E-state index < -0.39 is 0 Å². The van der Waals surface area contributed by atoms with Gasteiger partial charge in [-0.3, -0.25) is 9.48 Å². The maximum absolute atomic E-state index is 12.3. The Morgan fingerprint density at radius 1 is 1.29 bits per heavy atom. The number of nitrogens with one attached hydrogen (secondary N) is 1. The maximum Gasteiger partial charge on any atom is 0.251 e. The molecule has 0 spiro atoms. The van der Waals surface area contributed by atoms with Crippen molar-refractivity contribution in [1.29, 1.82) is 0 Å². The predicted octanol–water partition coefficient (Wildman–Crippen LogP) is 2.54. The van der Waals surface area contributed by atoms with Crippen LogP contribution in [0.25, 0.3) is 0 Å². The number of nitrogens with zero attached hydrogens (tertiary/aromatic N) is 2. The van der Waals surface area contributed by atoms with Gasteiger partial charge in [0.1, 0.15) is 5.75 Å². The number of methoxy groups -OCH3 is 1. The van der Waals surface area contributed by atoms with Gasteiger partial charge in [0.2, 0.25) is 0 Å². The quantitative estimate of drug-likeness (QED) is 0.940. The summed E-state index contributed by atoms with van der Waals surface area (Å²) in [5.74, 6) is 0.631. The summed E-state index contributed by atoms with van der Waals surface area (Å²) in [6.45, 7) is 5.93. The minimum Gasteiger partial charge on any atom is -0.497 e. The molecule has 0 fully saturated rings. The summed E-state index contributed by atoms with van der Waals surface area (Å²) in [7, 11) is 3.51. The van der Waals surface area contributed by atoms with Crippen molar-refractivity contribution in [1.82, 2.24) is 15.1 Å². The average molecular weight is 287 g/mol. The zero-order valence-corrected chi connectivity index (χ0v) is 13.1. The molecule has 2 rings (SSSR count). The Morgan fingerprint density at radius 2 is 1.90 bits per heavy atom. The van der Waals surface area contributed by atoms with Crippen LogP contribution in [0, 0.1) is 13.8 Å². The number of benzene rings is 1. The van der Waals surface area contributed by atoms with Crippen molar-refractivity contribution in [2.24, 2.45) is 7.05 Å². The average Bonchev–Trinajstić information content (AvgIpc) is 2.72. The molecule has 0 saturated heterocycles. The van der Waals surface area contributed by atoms with Gasteiger partial charge < -0.3 is 10.1 Å². The van der Waals surface area contributed by atoms with E-state index in [0.717, 1.165) is 22.7 Å². The topological polar surface area (TPSA) is 56.1 Å². The summed E-state index contributed by atoms with van der Waals surface area (Å²) in [5, 5.41) is 7.40. The molecule has 1 atom stereocenters. The minimum absolute atomic E-state index is 0.0895. The monoisotopic (exact) mass is 287 g/mol. The number of aryl methyl sites for hydroxylation is 2. The molecule has 0 bridgehead atoms. The van der Waals surface area contributed by atoms with Gasteiger partial charge in [0.15, 0.2) is 0 Å². The fourth-order valence-electron chi connectivity index (χ4n) is 2.51. The summed E-state index contributed by atoms with van der Waals surface area (Å²) < 4.78 is 6.92. The smallest absolute Gasteiger partial charge is 0.251 e. The number of rotatable bonds is 4. The summed E-state index contributed by atoms with van der Waals surface area (Å²) >= 11 is 0. The number of hydrogen-bond acceptors (Lipinski definition) is 3. The summed E-state index contributed by atoms with van der Waals surface area (Å²) in [6.07, 6.45) is 0. The zero-order valence-electron chi connectivity index (χ0n) is 13.1. The number of carbonyl (C=O) groups excluding carboxylic acids is 1. The standard InChI is InChI=1S/C16H21N3O2/c1-10(15-11(2)18-19(4)12(15)3)17-16(20)13-6-8-14(21-5)9-7-13/h6-10H,1-5H3,(H,17,20). The molecule has 1 aromatic heterocycles. The first-order valence-electron chi connectivity index (χ1n) is 6.89. The number of aromatic nitrogens is 2. The van der Waals surface area contributed by atoms with Gasteiger partial charge >= 0.3 is 0 Å². The van der Waals surface area contributed by atoms with E-state index in [4.69, 9.17) is 4.74 Å². The van der Waals surface area contributed by atoms with Crippen LogP contribution < -0.4 is 10.1 Å². The van der Waals surface area contributed by atoms with Gasteiger partial charge in [0.05, 0.1) is 18.8 Å². The van der Waals surface area contributed by atoms with Crippen LogP contribution in [0.15, 0.2) is 24.3 Å². The van der Waals surface area contributed by atoms with E-state index in [2.05, 4.69) is 10.4 Å². The third-order valence-electron chi connectivity index (χ3n) is 3.70. The number of amides is 1. The van der Waals surface area contributed by atoms with Crippen LogP contribution in [0.5, 0.6) is 5.75 Å². The first-order chi connectivity index (χ1) is 9.93. The van der Waals surface area contributed by atoms with Crippen LogP contribution >= 0.6 is 0 Å². The molecule has 2 aromatic rings. The van der Waals surface area contributed by atoms with E-state index in [1.807, 2.05) is 32.5 Å². The highest BCUT2D eigenvalue weighted by Crippen LogP contribution is 2.21. The van der Waals surface area contributed by atoms with E-state index in [-0.39, 0.29) is 11.9 Å². The molecule has 5 heteroatoms. The van der Waals surface area contributed by atoms with E-state index in [9.17, 15) is 4.79 Å². The van der Waals surface area contributed by atoms with Gasteiger partial charge in [0, 0.05) is 23.9 Å². The first-order valence-corrected chi connectivity index (χ1v) is 6.89. The third-order valence-corrected chi connectivity index (χ3v) is 3.70. The number of hydrogen-bond donors (Lipinski definition) is 1. The van der Waals surface area contributed by atoms with Gasteiger partial charge in [-0.25, -0.2) is 0 Å². The normalized spacial score (nSPS) is 12.0. The lowest BCUT2D eigenvalue weighted by Crippen LogP contribution is -2.27. The Labute approximate surface area is 124 Å². The second-order valence-corrected chi connectivity index (χ2v) is 5.13. The van der Waals surface area contributed by atoms with E-state index in [1.165, 1.54) is 0 Å². The highest BCUT2D eigenvalue weighted by Gasteiger charge is 2.18. The molecule has 1 N–H and O–H groups in total. The van der Waals surface area contributed by atoms with Crippen molar-refractivity contribution in [3.05, 3.63) is 46.8 Å². The number of ether oxygens (including phenoxy) is 1. The SMILES string of the molecule is COc1ccc(C(=O)NC(C)c2c(C)nn(C)c2C)cc1. The fourth-order valence-corrected chi connectivity index (χ4v) is 2.51. The van der Waals surface area contributed by atoms with Gasteiger partial charge in [-0.05, 0) is 45.0 Å². The van der Waals surface area contributed by atoms with E-state index in [0.29, 0.717) is 5.56 Å². The molecule has 1 heterocycles. The molecule has 1 aromatic carbocycles. The highest BCUT2D eigenvalue weighted by atomic mass is 16.5.